The number of phenols is 2. The maximum atomic E-state index is 12.4. The lowest BCUT2D eigenvalue weighted by molar-refractivity contribution is 0.104. The third-order valence-corrected chi connectivity index (χ3v) is 3.38. The largest absolute Gasteiger partial charge is 0.506 e. The van der Waals surface area contributed by atoms with Gasteiger partial charge >= 0.3 is 0 Å². The molecule has 3 rings (SSSR count). The first-order valence-electron chi connectivity index (χ1n) is 6.75. The van der Waals surface area contributed by atoms with Gasteiger partial charge in [-0.15, -0.1) is 0 Å². The van der Waals surface area contributed by atoms with E-state index in [4.69, 9.17) is 9.15 Å². The molecule has 2 aromatic heterocycles. The quantitative estimate of drug-likeness (QED) is 0.568. The molecule has 0 amide bonds. The van der Waals surface area contributed by atoms with Crippen LogP contribution in [0.2, 0.25) is 0 Å². The summed E-state index contributed by atoms with van der Waals surface area (Å²) in [5.74, 6) is -1.38. The highest BCUT2D eigenvalue weighted by atomic mass is 16.5. The molecule has 0 spiro atoms. The second kappa shape index (κ2) is 5.84. The zero-order valence-corrected chi connectivity index (χ0v) is 12.2. The fraction of sp³-hybridized carbons (Fsp3) is 0.0588. The number of hydrogen-bond acceptors (Lipinski definition) is 6. The van der Waals surface area contributed by atoms with Crippen molar-refractivity contribution in [1.29, 1.82) is 0 Å². The van der Waals surface area contributed by atoms with Crippen molar-refractivity contribution in [3.05, 3.63) is 54.1 Å². The van der Waals surface area contributed by atoms with Crippen LogP contribution in [-0.4, -0.2) is 28.1 Å². The van der Waals surface area contributed by atoms with E-state index in [0.29, 0.717) is 0 Å². The van der Waals surface area contributed by atoms with E-state index in [9.17, 15) is 15.0 Å². The Morgan fingerprint density at radius 2 is 2.13 bits per heavy atom. The molecule has 0 bridgehead atoms. The van der Waals surface area contributed by atoms with Gasteiger partial charge in [-0.3, -0.25) is 9.78 Å². The van der Waals surface area contributed by atoms with E-state index in [1.807, 2.05) is 0 Å². The van der Waals surface area contributed by atoms with Crippen molar-refractivity contribution in [3.63, 3.8) is 0 Å². The highest BCUT2D eigenvalue weighted by Gasteiger charge is 2.25. The van der Waals surface area contributed by atoms with Gasteiger partial charge in [0.2, 0.25) is 5.75 Å². The smallest absolute Gasteiger partial charge is 0.205 e. The van der Waals surface area contributed by atoms with Crippen molar-refractivity contribution >= 4 is 22.8 Å². The van der Waals surface area contributed by atoms with E-state index < -0.39 is 11.5 Å². The Balaban J connectivity index is 2.08. The first-order valence-corrected chi connectivity index (χ1v) is 6.75. The van der Waals surface area contributed by atoms with Crippen LogP contribution in [0.25, 0.3) is 17.0 Å². The number of nitrogens with zero attached hydrogens (tertiary/aromatic N) is 1. The minimum Gasteiger partial charge on any atom is -0.506 e. The van der Waals surface area contributed by atoms with Gasteiger partial charge in [0.05, 0.1) is 18.8 Å². The molecule has 116 valence electrons. The molecule has 0 aliphatic rings. The van der Waals surface area contributed by atoms with E-state index in [-0.39, 0.29) is 28.0 Å². The second-order valence-electron chi connectivity index (χ2n) is 4.75. The lowest BCUT2D eigenvalue weighted by atomic mass is 10.0. The summed E-state index contributed by atoms with van der Waals surface area (Å²) in [6.07, 6.45) is 7.33. The van der Waals surface area contributed by atoms with Crippen LogP contribution < -0.4 is 4.74 Å². The van der Waals surface area contributed by atoms with Gasteiger partial charge in [0.25, 0.3) is 0 Å². The van der Waals surface area contributed by atoms with E-state index in [1.54, 1.807) is 30.6 Å². The summed E-state index contributed by atoms with van der Waals surface area (Å²) in [7, 11) is 1.34. The minimum atomic E-state index is -0.565. The molecule has 0 radical (unpaired) electrons. The molecule has 0 aliphatic heterocycles. The van der Waals surface area contributed by atoms with Crippen LogP contribution in [0.3, 0.4) is 0 Å². The summed E-state index contributed by atoms with van der Waals surface area (Å²) in [6.45, 7) is 0. The van der Waals surface area contributed by atoms with Crippen LogP contribution >= 0.6 is 0 Å². The molecule has 0 saturated heterocycles. The number of fused-ring (bicyclic) bond motifs is 1. The number of hydrogen-bond donors (Lipinski definition) is 2. The van der Waals surface area contributed by atoms with E-state index >= 15 is 0 Å². The highest BCUT2D eigenvalue weighted by Crippen LogP contribution is 2.45. The summed E-state index contributed by atoms with van der Waals surface area (Å²) in [5, 5.41) is 20.8. The lowest BCUT2D eigenvalue weighted by Gasteiger charge is -2.10. The first kappa shape index (κ1) is 14.6. The van der Waals surface area contributed by atoms with Gasteiger partial charge in [-0.05, 0) is 29.8 Å². The predicted molar refractivity (Wildman–Crippen MR) is 83.7 cm³/mol. The fourth-order valence-electron chi connectivity index (χ4n) is 2.29. The van der Waals surface area contributed by atoms with Crippen molar-refractivity contribution in [2.75, 3.05) is 7.11 Å². The zero-order chi connectivity index (χ0) is 16.4. The van der Waals surface area contributed by atoms with Crippen LogP contribution in [-0.2, 0) is 0 Å². The van der Waals surface area contributed by atoms with Gasteiger partial charge in [-0.1, -0.05) is 6.07 Å². The van der Waals surface area contributed by atoms with Crippen molar-refractivity contribution in [1.82, 2.24) is 4.98 Å². The fourth-order valence-corrected chi connectivity index (χ4v) is 2.29. The van der Waals surface area contributed by atoms with Gasteiger partial charge < -0.3 is 19.4 Å². The lowest BCUT2D eigenvalue weighted by Crippen LogP contribution is -1.98. The Labute approximate surface area is 131 Å². The standard InChI is InChI=1S/C17H13NO5/c1-22-17-15(21)13(14(20)11-6-8-23-16(11)17)12(19)5-4-10-3-2-7-18-9-10/h2-9,20-21H,1H3/b5-4+. The number of carbonyl (C=O) groups is 1. The number of allylic oxidation sites excluding steroid dienone is 1. The second-order valence-corrected chi connectivity index (χ2v) is 4.75. The number of ether oxygens (including phenoxy) is 1. The van der Waals surface area contributed by atoms with Crippen molar-refractivity contribution in [3.8, 4) is 17.2 Å². The molecule has 0 atom stereocenters. The number of carbonyl (C=O) groups excluding carboxylic acids is 1. The summed E-state index contributed by atoms with van der Waals surface area (Å²) in [6, 6.07) is 5.00. The highest BCUT2D eigenvalue weighted by molar-refractivity contribution is 6.14. The monoisotopic (exact) mass is 311 g/mol. The number of furan rings is 1. The summed E-state index contributed by atoms with van der Waals surface area (Å²) >= 11 is 0. The SMILES string of the molecule is COc1c(O)c(C(=O)/C=C/c2cccnc2)c(O)c2ccoc12. The van der Waals surface area contributed by atoms with Gasteiger partial charge in [-0.2, -0.15) is 0 Å². The minimum absolute atomic E-state index is 0.000859. The molecule has 6 heteroatoms. The molecule has 0 unspecified atom stereocenters. The van der Waals surface area contributed by atoms with Crippen molar-refractivity contribution in [2.45, 2.75) is 0 Å². The number of methoxy groups -OCH3 is 1. The van der Waals surface area contributed by atoms with Crippen molar-refractivity contribution < 1.29 is 24.2 Å². The molecule has 2 heterocycles. The number of aromatic hydroxyl groups is 2. The maximum absolute atomic E-state index is 12.4. The number of benzene rings is 1. The molecule has 0 saturated carbocycles. The van der Waals surface area contributed by atoms with Crippen LogP contribution in [0.1, 0.15) is 15.9 Å². The normalized spacial score (nSPS) is 11.2. The van der Waals surface area contributed by atoms with Gasteiger partial charge in [0.1, 0.15) is 11.3 Å². The topological polar surface area (TPSA) is 92.8 Å². The molecule has 1 aromatic carbocycles. The average Bonchev–Trinajstić information content (AvgIpc) is 3.04. The summed E-state index contributed by atoms with van der Waals surface area (Å²) in [4.78, 5) is 16.3. The van der Waals surface area contributed by atoms with Gasteiger partial charge in [-0.25, -0.2) is 0 Å². The van der Waals surface area contributed by atoms with Gasteiger partial charge in [0, 0.05) is 12.4 Å². The average molecular weight is 311 g/mol. The Hall–Kier alpha value is -3.28. The van der Waals surface area contributed by atoms with Crippen LogP contribution in [0.15, 0.2) is 47.3 Å². The predicted octanol–water partition coefficient (Wildman–Crippen LogP) is 3.14. The molecule has 0 fully saturated rings. The van der Waals surface area contributed by atoms with E-state index in [0.717, 1.165) is 5.56 Å². The molecular weight excluding hydrogens is 298 g/mol. The van der Waals surface area contributed by atoms with Gasteiger partial charge in [0.15, 0.2) is 17.1 Å². The number of phenolic OH excluding ortho intramolecular Hbond substituents is 2. The molecular formula is C17H13NO5. The molecule has 6 nitrogen and oxygen atoms in total. The van der Waals surface area contributed by atoms with Crippen LogP contribution in [0, 0.1) is 0 Å². The number of pyridine rings is 1. The van der Waals surface area contributed by atoms with E-state index in [1.165, 1.54) is 25.5 Å². The maximum Gasteiger partial charge on any atom is 0.205 e. The third-order valence-electron chi connectivity index (χ3n) is 3.38. The number of ketones is 1. The zero-order valence-electron chi connectivity index (χ0n) is 12.2. The number of rotatable bonds is 4. The van der Waals surface area contributed by atoms with Crippen molar-refractivity contribution in [2.24, 2.45) is 0 Å². The Morgan fingerprint density at radius 3 is 2.83 bits per heavy atom. The summed E-state index contributed by atoms with van der Waals surface area (Å²) < 4.78 is 10.3. The van der Waals surface area contributed by atoms with E-state index in [2.05, 4.69) is 4.98 Å². The Kier molecular flexibility index (Phi) is 3.72. The molecule has 2 N–H and O–H groups in total. The molecule has 0 aliphatic carbocycles. The first-order chi connectivity index (χ1) is 11.1. The third kappa shape index (κ3) is 2.50. The number of aromatic nitrogens is 1. The Bertz CT molecular complexity index is 896. The Morgan fingerprint density at radius 1 is 1.30 bits per heavy atom. The molecule has 3 aromatic rings. The molecule has 23 heavy (non-hydrogen) atoms. The summed E-state index contributed by atoms with van der Waals surface area (Å²) in [5.41, 5.74) is 0.655. The van der Waals surface area contributed by atoms with Crippen LogP contribution in [0.4, 0.5) is 0 Å². The van der Waals surface area contributed by atoms with Crippen LogP contribution in [0.5, 0.6) is 17.2 Å².